The van der Waals surface area contributed by atoms with E-state index >= 15 is 0 Å². The molecule has 1 aliphatic rings. The highest BCUT2D eigenvalue weighted by molar-refractivity contribution is 7.91. The number of nitrogens with zero attached hydrogens (tertiary/aromatic N) is 6. The van der Waals surface area contributed by atoms with E-state index in [1.807, 2.05) is 32.2 Å². The number of rotatable bonds is 5. The molecule has 1 fully saturated rings. The lowest BCUT2D eigenvalue weighted by molar-refractivity contribution is 0.0552. The minimum atomic E-state index is -3.57. The Balaban J connectivity index is 1.75. The van der Waals surface area contributed by atoms with Crippen LogP contribution in [-0.4, -0.2) is 57.4 Å². The SMILES string of the molecule is Cc1nnn(C)c1-c1cnc2c3cncc(S(C)(=O)=O)c3n([C@H](c3ccccc3)C3CCOCC3)c2c1. The van der Waals surface area contributed by atoms with Gasteiger partial charge in [0.2, 0.25) is 0 Å². The molecule has 0 aliphatic carbocycles. The van der Waals surface area contributed by atoms with Gasteiger partial charge in [0, 0.05) is 56.1 Å². The molecule has 190 valence electrons. The molecular formula is C27H28N6O3S. The Labute approximate surface area is 215 Å². The summed E-state index contributed by atoms with van der Waals surface area (Å²) in [6.45, 7) is 3.27. The van der Waals surface area contributed by atoms with Gasteiger partial charge in [-0.3, -0.25) is 9.97 Å². The van der Waals surface area contributed by atoms with Gasteiger partial charge in [0.25, 0.3) is 0 Å². The molecule has 0 amide bonds. The minimum absolute atomic E-state index is 0.115. The summed E-state index contributed by atoms with van der Waals surface area (Å²) in [6, 6.07) is 12.3. The van der Waals surface area contributed by atoms with Gasteiger partial charge in [0.1, 0.15) is 4.90 Å². The number of sulfone groups is 1. The zero-order valence-electron chi connectivity index (χ0n) is 21.0. The number of aromatic nitrogens is 6. The molecule has 1 saturated heterocycles. The lowest BCUT2D eigenvalue weighted by Crippen LogP contribution is -2.27. The second-order valence-corrected chi connectivity index (χ2v) is 11.7. The largest absolute Gasteiger partial charge is 0.381 e. The Morgan fingerprint density at radius 3 is 2.51 bits per heavy atom. The van der Waals surface area contributed by atoms with E-state index in [9.17, 15) is 8.42 Å². The van der Waals surface area contributed by atoms with Crippen molar-refractivity contribution in [3.05, 3.63) is 66.2 Å². The summed E-state index contributed by atoms with van der Waals surface area (Å²) < 4.78 is 35.7. The van der Waals surface area contributed by atoms with E-state index in [4.69, 9.17) is 9.72 Å². The molecule has 1 aliphatic heterocycles. The molecule has 0 bridgehead atoms. The second-order valence-electron chi connectivity index (χ2n) is 9.72. The van der Waals surface area contributed by atoms with E-state index in [0.29, 0.717) is 18.7 Å². The first kappa shape index (κ1) is 23.7. The number of benzene rings is 1. The number of hydrogen-bond donors (Lipinski definition) is 0. The summed E-state index contributed by atoms with van der Waals surface area (Å²) in [6.07, 6.45) is 7.96. The van der Waals surface area contributed by atoms with E-state index < -0.39 is 9.84 Å². The molecule has 5 aromatic rings. The zero-order valence-corrected chi connectivity index (χ0v) is 21.8. The third-order valence-corrected chi connectivity index (χ3v) is 8.40. The van der Waals surface area contributed by atoms with Crippen LogP contribution < -0.4 is 0 Å². The van der Waals surface area contributed by atoms with Crippen LogP contribution in [0.5, 0.6) is 0 Å². The van der Waals surface area contributed by atoms with E-state index in [2.05, 4.69) is 38.1 Å². The van der Waals surface area contributed by atoms with E-state index in [1.54, 1.807) is 17.1 Å². The summed E-state index contributed by atoms with van der Waals surface area (Å²) >= 11 is 0. The van der Waals surface area contributed by atoms with Crippen molar-refractivity contribution in [3.63, 3.8) is 0 Å². The number of hydrogen-bond acceptors (Lipinski definition) is 7. The summed E-state index contributed by atoms with van der Waals surface area (Å²) in [4.78, 5) is 9.38. The van der Waals surface area contributed by atoms with E-state index in [0.717, 1.165) is 51.8 Å². The van der Waals surface area contributed by atoms with Crippen molar-refractivity contribution < 1.29 is 13.2 Å². The van der Waals surface area contributed by atoms with Gasteiger partial charge in [-0.1, -0.05) is 35.5 Å². The smallest absolute Gasteiger partial charge is 0.179 e. The van der Waals surface area contributed by atoms with E-state index in [1.165, 1.54) is 12.5 Å². The summed E-state index contributed by atoms with van der Waals surface area (Å²) in [7, 11) is -1.72. The maximum Gasteiger partial charge on any atom is 0.179 e. The monoisotopic (exact) mass is 516 g/mol. The number of fused-ring (bicyclic) bond motifs is 3. The van der Waals surface area contributed by atoms with Crippen molar-refractivity contribution >= 4 is 31.8 Å². The van der Waals surface area contributed by atoms with Crippen LogP contribution in [0.25, 0.3) is 33.2 Å². The standard InChI is InChI=1S/C27H28N6O3S/c1-17-25(32(2)31-30-17)20-13-22-24(29-14-20)21-15-28-16-23(37(3,34)35)27(21)33(22)26(18-7-5-4-6-8-18)19-9-11-36-12-10-19/h4-8,13-16,19,26H,9-12H2,1-3H3/t26-/m1/s1. The summed E-state index contributed by atoms with van der Waals surface area (Å²) in [5.41, 5.74) is 5.87. The number of pyridine rings is 2. The molecule has 37 heavy (non-hydrogen) atoms. The fourth-order valence-corrected chi connectivity index (χ4v) is 6.49. The Hall–Kier alpha value is -3.63. The Morgan fingerprint density at radius 2 is 1.84 bits per heavy atom. The Morgan fingerprint density at radius 1 is 1.08 bits per heavy atom. The zero-order chi connectivity index (χ0) is 25.7. The summed E-state index contributed by atoms with van der Waals surface area (Å²) in [5.74, 6) is 0.249. The van der Waals surface area contributed by atoms with Gasteiger partial charge in [0.05, 0.1) is 34.0 Å². The average Bonchev–Trinajstić information content (AvgIpc) is 3.41. The lowest BCUT2D eigenvalue weighted by atomic mass is 9.86. The first-order valence-electron chi connectivity index (χ1n) is 12.3. The van der Waals surface area contributed by atoms with Gasteiger partial charge in [-0.2, -0.15) is 0 Å². The fourth-order valence-electron chi connectivity index (χ4n) is 5.68. The van der Waals surface area contributed by atoms with Gasteiger partial charge >= 0.3 is 0 Å². The first-order chi connectivity index (χ1) is 17.8. The van der Waals surface area contributed by atoms with Gasteiger partial charge in [-0.25, -0.2) is 13.1 Å². The molecule has 1 aromatic carbocycles. The third kappa shape index (κ3) is 4.00. The van der Waals surface area contributed by atoms with Crippen molar-refractivity contribution in [2.75, 3.05) is 19.5 Å². The minimum Gasteiger partial charge on any atom is -0.381 e. The van der Waals surface area contributed by atoms with Gasteiger partial charge in [0.15, 0.2) is 9.84 Å². The number of aryl methyl sites for hydroxylation is 2. The predicted octanol–water partition coefficient (Wildman–Crippen LogP) is 4.11. The lowest BCUT2D eigenvalue weighted by Gasteiger charge is -2.33. The molecule has 5 heterocycles. The molecule has 0 saturated carbocycles. The van der Waals surface area contributed by atoms with Crippen molar-refractivity contribution in [2.45, 2.75) is 30.7 Å². The molecule has 6 rings (SSSR count). The fraction of sp³-hybridized carbons (Fsp3) is 0.333. The van der Waals surface area contributed by atoms with E-state index in [-0.39, 0.29) is 16.9 Å². The van der Waals surface area contributed by atoms with Crippen LogP contribution in [0.2, 0.25) is 0 Å². The molecule has 10 heteroatoms. The van der Waals surface area contributed by atoms with Gasteiger partial charge in [-0.15, -0.1) is 5.10 Å². The Bertz CT molecular complexity index is 1700. The molecule has 0 spiro atoms. The van der Waals surface area contributed by atoms with Crippen LogP contribution in [0.4, 0.5) is 0 Å². The normalized spacial score (nSPS) is 16.0. The Kier molecular flexibility index (Phi) is 5.80. The molecule has 0 unspecified atom stereocenters. The molecule has 9 nitrogen and oxygen atoms in total. The highest BCUT2D eigenvalue weighted by atomic mass is 32.2. The quantitative estimate of drug-likeness (QED) is 0.346. The molecule has 4 aromatic heterocycles. The third-order valence-electron chi connectivity index (χ3n) is 7.31. The van der Waals surface area contributed by atoms with Crippen LogP contribution in [0.3, 0.4) is 0 Å². The highest BCUT2D eigenvalue weighted by Gasteiger charge is 2.32. The van der Waals surface area contributed by atoms with Crippen LogP contribution >= 0.6 is 0 Å². The molecule has 1 atom stereocenters. The highest BCUT2D eigenvalue weighted by Crippen LogP contribution is 2.42. The van der Waals surface area contributed by atoms with Crippen molar-refractivity contribution in [1.29, 1.82) is 0 Å². The van der Waals surface area contributed by atoms with Crippen molar-refractivity contribution in [1.82, 2.24) is 29.5 Å². The average molecular weight is 517 g/mol. The van der Waals surface area contributed by atoms with Crippen LogP contribution in [0, 0.1) is 12.8 Å². The van der Waals surface area contributed by atoms with Crippen molar-refractivity contribution in [2.24, 2.45) is 13.0 Å². The maximum absolute atomic E-state index is 13.0. The van der Waals surface area contributed by atoms with Crippen LogP contribution in [0.1, 0.15) is 30.1 Å². The first-order valence-corrected chi connectivity index (χ1v) is 14.2. The van der Waals surface area contributed by atoms with Crippen LogP contribution in [-0.2, 0) is 21.6 Å². The van der Waals surface area contributed by atoms with Gasteiger partial charge in [-0.05, 0) is 37.3 Å². The molecule has 0 radical (unpaired) electrons. The predicted molar refractivity (Wildman–Crippen MR) is 141 cm³/mol. The molecular weight excluding hydrogens is 488 g/mol. The second kappa shape index (κ2) is 9.04. The van der Waals surface area contributed by atoms with Gasteiger partial charge < -0.3 is 9.30 Å². The van der Waals surface area contributed by atoms with Crippen LogP contribution in [0.15, 0.2) is 59.9 Å². The maximum atomic E-state index is 13.0. The molecule has 0 N–H and O–H groups in total. The van der Waals surface area contributed by atoms with Crippen molar-refractivity contribution in [3.8, 4) is 11.3 Å². The summed E-state index contributed by atoms with van der Waals surface area (Å²) in [5, 5.41) is 9.10. The number of ether oxygens (including phenoxy) is 1. The topological polar surface area (TPSA) is 105 Å².